The molecule has 1 atom stereocenters. The van der Waals surface area contributed by atoms with Crippen molar-refractivity contribution in [3.8, 4) is 0 Å². The van der Waals surface area contributed by atoms with E-state index in [1.165, 1.54) is 28.6 Å². The van der Waals surface area contributed by atoms with Gasteiger partial charge in [-0.3, -0.25) is 4.79 Å². The number of hydrogen-bond donors (Lipinski definition) is 1. The molecular weight excluding hydrogens is 435 g/mol. The van der Waals surface area contributed by atoms with Crippen LogP contribution in [0.25, 0.3) is 0 Å². The van der Waals surface area contributed by atoms with E-state index in [1.807, 2.05) is 0 Å². The number of carbonyl (C=O) groups is 1. The fraction of sp³-hybridized carbons (Fsp3) is 0.316. The predicted molar refractivity (Wildman–Crippen MR) is 104 cm³/mol. The minimum absolute atomic E-state index is 0.104. The van der Waals surface area contributed by atoms with Crippen molar-refractivity contribution in [3.05, 3.63) is 63.9 Å². The highest BCUT2D eigenvalue weighted by Crippen LogP contribution is 2.26. The maximum absolute atomic E-state index is 13.1. The van der Waals surface area contributed by atoms with Crippen LogP contribution in [0.3, 0.4) is 0 Å². The van der Waals surface area contributed by atoms with Crippen LogP contribution in [0.15, 0.2) is 51.8 Å². The van der Waals surface area contributed by atoms with Gasteiger partial charge in [-0.2, -0.15) is 4.31 Å². The molecule has 27 heavy (non-hydrogen) atoms. The summed E-state index contributed by atoms with van der Waals surface area (Å²) in [5.41, 5.74) is 0.992. The zero-order valence-electron chi connectivity index (χ0n) is 14.8. The molecule has 0 bridgehead atoms. The van der Waals surface area contributed by atoms with E-state index >= 15 is 0 Å². The van der Waals surface area contributed by atoms with E-state index in [0.717, 1.165) is 18.4 Å². The SMILES string of the molecule is CC(NC(=O)c1cc(S(=O)(=O)N2CCCC2)ccc1Br)c1ccc(F)cc1. The molecule has 2 aromatic rings. The number of benzene rings is 2. The molecule has 1 N–H and O–H groups in total. The normalized spacial score (nSPS) is 16.3. The minimum atomic E-state index is -3.61. The summed E-state index contributed by atoms with van der Waals surface area (Å²) in [5, 5.41) is 2.82. The topological polar surface area (TPSA) is 66.5 Å². The van der Waals surface area contributed by atoms with E-state index < -0.39 is 15.9 Å². The average Bonchev–Trinajstić information content (AvgIpc) is 3.18. The Morgan fingerprint density at radius 3 is 2.41 bits per heavy atom. The Hall–Kier alpha value is -1.77. The summed E-state index contributed by atoms with van der Waals surface area (Å²) in [5.74, 6) is -0.753. The Kier molecular flexibility index (Phi) is 5.98. The van der Waals surface area contributed by atoms with E-state index in [9.17, 15) is 17.6 Å². The Labute approximate surface area is 166 Å². The highest BCUT2D eigenvalue weighted by atomic mass is 79.9. The lowest BCUT2D eigenvalue weighted by Crippen LogP contribution is -2.29. The van der Waals surface area contributed by atoms with Crippen LogP contribution in [0.2, 0.25) is 0 Å². The summed E-state index contributed by atoms with van der Waals surface area (Å²) in [6.07, 6.45) is 1.69. The van der Waals surface area contributed by atoms with E-state index in [1.54, 1.807) is 25.1 Å². The van der Waals surface area contributed by atoms with Crippen molar-refractivity contribution in [3.63, 3.8) is 0 Å². The molecule has 0 aliphatic carbocycles. The molecule has 8 heteroatoms. The quantitative estimate of drug-likeness (QED) is 0.745. The van der Waals surface area contributed by atoms with E-state index in [-0.39, 0.29) is 22.3 Å². The van der Waals surface area contributed by atoms with Gasteiger partial charge in [0.05, 0.1) is 16.5 Å². The number of nitrogens with zero attached hydrogens (tertiary/aromatic N) is 1. The molecule has 0 radical (unpaired) electrons. The first-order chi connectivity index (χ1) is 12.8. The number of amides is 1. The number of hydrogen-bond acceptors (Lipinski definition) is 3. The predicted octanol–water partition coefficient (Wildman–Crippen LogP) is 3.86. The van der Waals surface area contributed by atoms with Crippen molar-refractivity contribution in [2.75, 3.05) is 13.1 Å². The van der Waals surface area contributed by atoms with Crippen molar-refractivity contribution in [2.24, 2.45) is 0 Å². The van der Waals surface area contributed by atoms with Crippen molar-refractivity contribution in [1.82, 2.24) is 9.62 Å². The van der Waals surface area contributed by atoms with Crippen LogP contribution >= 0.6 is 15.9 Å². The van der Waals surface area contributed by atoms with Gasteiger partial charge in [0.25, 0.3) is 5.91 Å². The summed E-state index contributed by atoms with van der Waals surface area (Å²) in [4.78, 5) is 12.8. The van der Waals surface area contributed by atoms with Crippen molar-refractivity contribution >= 4 is 31.9 Å². The Morgan fingerprint density at radius 1 is 1.15 bits per heavy atom. The number of halogens is 2. The summed E-state index contributed by atoms with van der Waals surface area (Å²) < 4.78 is 40.5. The molecule has 1 saturated heterocycles. The fourth-order valence-corrected chi connectivity index (χ4v) is 5.00. The lowest BCUT2D eigenvalue weighted by Gasteiger charge is -2.18. The molecule has 2 aromatic carbocycles. The Bertz CT molecular complexity index is 942. The van der Waals surface area contributed by atoms with Crippen molar-refractivity contribution in [2.45, 2.75) is 30.7 Å². The van der Waals surface area contributed by atoms with Crippen LogP contribution < -0.4 is 5.32 Å². The molecule has 0 saturated carbocycles. The van der Waals surface area contributed by atoms with E-state index in [2.05, 4.69) is 21.2 Å². The zero-order valence-corrected chi connectivity index (χ0v) is 17.2. The second kappa shape index (κ2) is 8.08. The van der Waals surface area contributed by atoms with Gasteiger partial charge >= 0.3 is 0 Å². The molecule has 1 aliphatic rings. The van der Waals surface area contributed by atoms with Gasteiger partial charge in [-0.15, -0.1) is 0 Å². The maximum Gasteiger partial charge on any atom is 0.252 e. The van der Waals surface area contributed by atoms with Gasteiger partial charge in [0, 0.05) is 17.6 Å². The van der Waals surface area contributed by atoms with Gasteiger partial charge in [-0.25, -0.2) is 12.8 Å². The van der Waals surface area contributed by atoms with Crippen LogP contribution in [0.4, 0.5) is 4.39 Å². The third-order valence-electron chi connectivity index (χ3n) is 4.60. The maximum atomic E-state index is 13.1. The lowest BCUT2D eigenvalue weighted by molar-refractivity contribution is 0.0939. The second-order valence-electron chi connectivity index (χ2n) is 6.50. The summed E-state index contributed by atoms with van der Waals surface area (Å²) >= 11 is 3.32. The second-order valence-corrected chi connectivity index (χ2v) is 9.29. The molecule has 144 valence electrons. The Morgan fingerprint density at radius 2 is 1.78 bits per heavy atom. The fourth-order valence-electron chi connectivity index (χ4n) is 3.03. The number of nitrogens with one attached hydrogen (secondary N) is 1. The summed E-state index contributed by atoms with van der Waals surface area (Å²) in [6.45, 7) is 2.78. The van der Waals surface area contributed by atoms with Crippen LogP contribution in [0.5, 0.6) is 0 Å². The van der Waals surface area contributed by atoms with Crippen LogP contribution in [-0.4, -0.2) is 31.7 Å². The lowest BCUT2D eigenvalue weighted by atomic mass is 10.1. The number of sulfonamides is 1. The van der Waals surface area contributed by atoms with Crippen LogP contribution in [0, 0.1) is 5.82 Å². The zero-order chi connectivity index (χ0) is 19.6. The van der Waals surface area contributed by atoms with Crippen LogP contribution in [-0.2, 0) is 10.0 Å². The van der Waals surface area contributed by atoms with Gasteiger partial charge in [-0.05, 0) is 71.6 Å². The molecular formula is C19H20BrFN2O3S. The summed E-state index contributed by atoms with van der Waals surface area (Å²) in [7, 11) is -3.61. The molecule has 5 nitrogen and oxygen atoms in total. The van der Waals surface area contributed by atoms with Gasteiger partial charge < -0.3 is 5.32 Å². The number of rotatable bonds is 5. The van der Waals surface area contributed by atoms with Crippen molar-refractivity contribution < 1.29 is 17.6 Å². The van der Waals surface area contributed by atoms with E-state index in [4.69, 9.17) is 0 Å². The molecule has 3 rings (SSSR count). The minimum Gasteiger partial charge on any atom is -0.345 e. The van der Waals surface area contributed by atoms with E-state index in [0.29, 0.717) is 17.6 Å². The molecule has 1 amide bonds. The molecule has 0 spiro atoms. The molecule has 0 aromatic heterocycles. The molecule has 1 fully saturated rings. The first kappa shape index (κ1) is 20.0. The first-order valence-corrected chi connectivity index (χ1v) is 10.9. The third-order valence-corrected chi connectivity index (χ3v) is 7.19. The van der Waals surface area contributed by atoms with Gasteiger partial charge in [-0.1, -0.05) is 12.1 Å². The standard InChI is InChI=1S/C19H20BrFN2O3S/c1-13(14-4-6-15(21)7-5-14)22-19(24)17-12-16(8-9-18(17)20)27(25,26)23-10-2-3-11-23/h4-9,12-13H,2-3,10-11H2,1H3,(H,22,24). The largest absolute Gasteiger partial charge is 0.345 e. The average molecular weight is 455 g/mol. The summed E-state index contributed by atoms with van der Waals surface area (Å²) in [6, 6.07) is 9.97. The first-order valence-electron chi connectivity index (χ1n) is 8.65. The Balaban J connectivity index is 1.83. The molecule has 1 unspecified atom stereocenters. The van der Waals surface area contributed by atoms with Gasteiger partial charge in [0.2, 0.25) is 10.0 Å². The molecule has 1 heterocycles. The van der Waals surface area contributed by atoms with Gasteiger partial charge in [0.15, 0.2) is 0 Å². The molecule has 1 aliphatic heterocycles. The highest BCUT2D eigenvalue weighted by molar-refractivity contribution is 9.10. The third kappa shape index (κ3) is 4.39. The number of carbonyl (C=O) groups excluding carboxylic acids is 1. The smallest absolute Gasteiger partial charge is 0.252 e. The monoisotopic (exact) mass is 454 g/mol. The highest BCUT2D eigenvalue weighted by Gasteiger charge is 2.28. The van der Waals surface area contributed by atoms with Crippen molar-refractivity contribution in [1.29, 1.82) is 0 Å². The van der Waals surface area contributed by atoms with Crippen LogP contribution in [0.1, 0.15) is 41.7 Å². The van der Waals surface area contributed by atoms with Gasteiger partial charge in [0.1, 0.15) is 5.82 Å².